The summed E-state index contributed by atoms with van der Waals surface area (Å²) in [6, 6.07) is 5.58. The van der Waals surface area contributed by atoms with Crippen molar-refractivity contribution in [1.82, 2.24) is 9.88 Å². The quantitative estimate of drug-likeness (QED) is 0.798. The number of benzene rings is 1. The number of hydrogen-bond donors (Lipinski definition) is 2. The van der Waals surface area contributed by atoms with E-state index in [0.717, 1.165) is 29.4 Å². The molecule has 2 aromatic rings. The van der Waals surface area contributed by atoms with Crippen molar-refractivity contribution >= 4 is 28.1 Å². The lowest BCUT2D eigenvalue weighted by Gasteiger charge is -2.16. The number of rotatable bonds is 2. The number of pyridine rings is 1. The molecule has 19 heavy (non-hydrogen) atoms. The zero-order chi connectivity index (χ0) is 13.4. The molecule has 0 aliphatic carbocycles. The minimum Gasteiger partial charge on any atom is -0.397 e. The minimum atomic E-state index is -0.174. The lowest BCUT2D eigenvalue weighted by Crippen LogP contribution is -2.31. The first-order valence-electron chi connectivity index (χ1n) is 6.30. The van der Waals surface area contributed by atoms with Crippen LogP contribution in [0.3, 0.4) is 0 Å². The maximum atomic E-state index is 11.9. The Bertz CT molecular complexity index is 640. The summed E-state index contributed by atoms with van der Waals surface area (Å²) in [4.78, 5) is 17.7. The number of aromatic nitrogens is 1. The van der Waals surface area contributed by atoms with Crippen LogP contribution in [-0.4, -0.2) is 35.4 Å². The fraction of sp³-hybridized carbons (Fsp3) is 0.286. The Kier molecular flexibility index (Phi) is 2.74. The van der Waals surface area contributed by atoms with Gasteiger partial charge >= 0.3 is 0 Å². The first kappa shape index (κ1) is 11.8. The van der Waals surface area contributed by atoms with Crippen molar-refractivity contribution in [2.75, 3.05) is 24.6 Å². The Morgan fingerprint density at radius 2 is 2.26 bits per heavy atom. The highest BCUT2D eigenvalue weighted by molar-refractivity contribution is 5.99. The monoisotopic (exact) mass is 256 g/mol. The maximum Gasteiger partial charge on any atom is 0.244 e. The van der Waals surface area contributed by atoms with E-state index in [1.807, 2.05) is 25.2 Å². The lowest BCUT2D eigenvalue weighted by molar-refractivity contribution is -0.127. The molecule has 0 saturated carbocycles. The molecule has 1 aromatic heterocycles. The highest BCUT2D eigenvalue weighted by Gasteiger charge is 2.29. The normalized spacial score (nSPS) is 19.1. The highest BCUT2D eigenvalue weighted by atomic mass is 16.2. The van der Waals surface area contributed by atoms with Gasteiger partial charge in [-0.25, -0.2) is 0 Å². The minimum absolute atomic E-state index is 0.120. The zero-order valence-corrected chi connectivity index (χ0v) is 10.8. The van der Waals surface area contributed by atoms with Gasteiger partial charge in [0.1, 0.15) is 6.04 Å². The van der Waals surface area contributed by atoms with Crippen molar-refractivity contribution in [3.8, 4) is 0 Å². The number of likely N-dealkylation sites (tertiary alicyclic amines) is 1. The molecule has 5 heteroatoms. The smallest absolute Gasteiger partial charge is 0.244 e. The molecule has 3 N–H and O–H groups in total. The van der Waals surface area contributed by atoms with Crippen molar-refractivity contribution in [2.24, 2.45) is 0 Å². The first-order valence-corrected chi connectivity index (χ1v) is 6.30. The summed E-state index contributed by atoms with van der Waals surface area (Å²) in [6.45, 7) is 0.786. The number of nitrogen functional groups attached to an aromatic ring is 1. The third-order valence-electron chi connectivity index (χ3n) is 3.62. The van der Waals surface area contributed by atoms with Crippen LogP contribution in [-0.2, 0) is 4.79 Å². The fourth-order valence-corrected chi connectivity index (χ4v) is 2.46. The average Bonchev–Trinajstić information content (AvgIpc) is 2.74. The van der Waals surface area contributed by atoms with Crippen molar-refractivity contribution in [1.29, 1.82) is 0 Å². The molecular formula is C14H16N4O. The van der Waals surface area contributed by atoms with Gasteiger partial charge in [-0.2, -0.15) is 0 Å². The van der Waals surface area contributed by atoms with Gasteiger partial charge in [0, 0.05) is 36.8 Å². The number of fused-ring (bicyclic) bond motifs is 1. The standard InChI is InChI=1S/C14H16N4O/c1-18-7-5-12(14(18)19)17-11-3-2-9-8-16-6-4-10(9)13(11)15/h2-4,6,8,12,17H,5,7,15H2,1H3. The molecule has 3 rings (SSSR count). The summed E-state index contributed by atoms with van der Waals surface area (Å²) >= 11 is 0. The average molecular weight is 256 g/mol. The topological polar surface area (TPSA) is 71.2 Å². The van der Waals surface area contributed by atoms with Gasteiger partial charge in [0.15, 0.2) is 0 Å². The molecule has 1 saturated heterocycles. The van der Waals surface area contributed by atoms with Crippen LogP contribution in [0.2, 0.25) is 0 Å². The van der Waals surface area contributed by atoms with Crippen molar-refractivity contribution in [3.05, 3.63) is 30.6 Å². The molecule has 1 aliphatic rings. The fourth-order valence-electron chi connectivity index (χ4n) is 2.46. The van der Waals surface area contributed by atoms with Crippen LogP contribution in [0.15, 0.2) is 30.6 Å². The molecule has 2 heterocycles. The van der Waals surface area contributed by atoms with Gasteiger partial charge in [-0.05, 0) is 18.6 Å². The summed E-state index contributed by atoms with van der Waals surface area (Å²) in [5.74, 6) is 0.120. The largest absolute Gasteiger partial charge is 0.397 e. The molecule has 0 bridgehead atoms. The summed E-state index contributed by atoms with van der Waals surface area (Å²) in [7, 11) is 1.82. The van der Waals surface area contributed by atoms with E-state index < -0.39 is 0 Å². The number of carbonyl (C=O) groups excluding carboxylic acids is 1. The Labute approximate surface area is 111 Å². The van der Waals surface area contributed by atoms with Crippen LogP contribution in [0.1, 0.15) is 6.42 Å². The summed E-state index contributed by atoms with van der Waals surface area (Å²) in [5, 5.41) is 5.20. The van der Waals surface area contributed by atoms with Crippen molar-refractivity contribution in [2.45, 2.75) is 12.5 Å². The van der Waals surface area contributed by atoms with E-state index in [-0.39, 0.29) is 11.9 Å². The Balaban J connectivity index is 1.93. The Hall–Kier alpha value is -2.30. The van der Waals surface area contributed by atoms with Crippen LogP contribution in [0.4, 0.5) is 11.4 Å². The Morgan fingerprint density at radius 1 is 1.42 bits per heavy atom. The number of nitrogens with two attached hydrogens (primary N) is 1. The van der Waals surface area contributed by atoms with E-state index in [2.05, 4.69) is 10.3 Å². The van der Waals surface area contributed by atoms with E-state index in [4.69, 9.17) is 5.73 Å². The van der Waals surface area contributed by atoms with Gasteiger partial charge in [0.2, 0.25) is 5.91 Å². The van der Waals surface area contributed by atoms with Gasteiger partial charge in [0.25, 0.3) is 0 Å². The van der Waals surface area contributed by atoms with E-state index >= 15 is 0 Å². The number of anilines is 2. The van der Waals surface area contributed by atoms with E-state index in [0.29, 0.717) is 5.69 Å². The lowest BCUT2D eigenvalue weighted by atomic mass is 10.1. The Morgan fingerprint density at radius 3 is 3.00 bits per heavy atom. The number of carbonyl (C=O) groups is 1. The molecule has 5 nitrogen and oxygen atoms in total. The number of nitrogens with one attached hydrogen (secondary N) is 1. The number of hydrogen-bond acceptors (Lipinski definition) is 4. The van der Waals surface area contributed by atoms with Gasteiger partial charge < -0.3 is 16.0 Å². The maximum absolute atomic E-state index is 11.9. The van der Waals surface area contributed by atoms with Gasteiger partial charge in [-0.1, -0.05) is 6.07 Å². The number of amides is 1. The predicted octanol–water partition coefficient (Wildman–Crippen LogP) is 1.46. The molecule has 1 aromatic carbocycles. The molecule has 1 unspecified atom stereocenters. The van der Waals surface area contributed by atoms with Gasteiger partial charge in [0.05, 0.1) is 11.4 Å². The SMILES string of the molecule is CN1CCC(Nc2ccc3cnccc3c2N)C1=O. The second-order valence-electron chi connectivity index (χ2n) is 4.87. The molecular weight excluding hydrogens is 240 g/mol. The summed E-state index contributed by atoms with van der Waals surface area (Å²) in [6.07, 6.45) is 4.31. The van der Waals surface area contributed by atoms with E-state index in [9.17, 15) is 4.79 Å². The van der Waals surface area contributed by atoms with Crippen LogP contribution in [0.25, 0.3) is 10.8 Å². The molecule has 1 amide bonds. The molecule has 0 radical (unpaired) electrons. The second kappa shape index (κ2) is 4.42. The molecule has 1 fully saturated rings. The predicted molar refractivity (Wildman–Crippen MR) is 75.8 cm³/mol. The van der Waals surface area contributed by atoms with Crippen LogP contribution in [0.5, 0.6) is 0 Å². The van der Waals surface area contributed by atoms with Crippen molar-refractivity contribution < 1.29 is 4.79 Å². The number of nitrogens with zero attached hydrogens (tertiary/aromatic N) is 2. The third kappa shape index (κ3) is 1.97. The number of likely N-dealkylation sites (N-methyl/N-ethyl adjacent to an activating group) is 1. The van der Waals surface area contributed by atoms with Crippen LogP contribution < -0.4 is 11.1 Å². The van der Waals surface area contributed by atoms with Crippen molar-refractivity contribution in [3.63, 3.8) is 0 Å². The summed E-state index contributed by atoms with van der Waals surface area (Å²) in [5.41, 5.74) is 7.64. The first-order chi connectivity index (χ1) is 9.16. The van der Waals surface area contributed by atoms with E-state index in [1.165, 1.54) is 0 Å². The summed E-state index contributed by atoms with van der Waals surface area (Å²) < 4.78 is 0. The molecule has 1 aliphatic heterocycles. The molecule has 0 spiro atoms. The molecule has 1 atom stereocenters. The van der Waals surface area contributed by atoms with Crippen LogP contribution in [0, 0.1) is 0 Å². The van der Waals surface area contributed by atoms with Gasteiger partial charge in [-0.15, -0.1) is 0 Å². The zero-order valence-electron chi connectivity index (χ0n) is 10.8. The van der Waals surface area contributed by atoms with E-state index in [1.54, 1.807) is 17.3 Å². The third-order valence-corrected chi connectivity index (χ3v) is 3.62. The molecule has 98 valence electrons. The van der Waals surface area contributed by atoms with Crippen LogP contribution >= 0.6 is 0 Å². The second-order valence-corrected chi connectivity index (χ2v) is 4.87. The highest BCUT2D eigenvalue weighted by Crippen LogP contribution is 2.29. The van der Waals surface area contributed by atoms with Gasteiger partial charge in [-0.3, -0.25) is 9.78 Å².